The highest BCUT2D eigenvalue weighted by Gasteiger charge is 2.41. The second-order valence-electron chi connectivity index (χ2n) is 3.71. The number of aliphatic carboxylic acids is 1. The SMILES string of the molecule is O=C(O)C1CCC(=O)N1C1CCOC1. The van der Waals surface area contributed by atoms with Crippen molar-refractivity contribution in [2.45, 2.75) is 31.3 Å². The lowest BCUT2D eigenvalue weighted by Gasteiger charge is -2.26. The molecule has 2 rings (SSSR count). The third-order valence-electron chi connectivity index (χ3n) is 2.84. The molecule has 5 nitrogen and oxygen atoms in total. The number of hydrogen-bond acceptors (Lipinski definition) is 3. The number of carboxylic acid groups (broad SMARTS) is 1. The Hall–Kier alpha value is -1.10. The van der Waals surface area contributed by atoms with E-state index in [1.54, 1.807) is 0 Å². The average molecular weight is 199 g/mol. The van der Waals surface area contributed by atoms with Crippen LogP contribution < -0.4 is 0 Å². The predicted molar refractivity (Wildman–Crippen MR) is 46.7 cm³/mol. The van der Waals surface area contributed by atoms with E-state index in [1.807, 2.05) is 0 Å². The monoisotopic (exact) mass is 199 g/mol. The Morgan fingerprint density at radius 1 is 1.50 bits per heavy atom. The highest BCUT2D eigenvalue weighted by molar-refractivity contribution is 5.87. The first-order chi connectivity index (χ1) is 6.70. The van der Waals surface area contributed by atoms with Crippen molar-refractivity contribution in [2.75, 3.05) is 13.2 Å². The molecule has 0 bridgehead atoms. The summed E-state index contributed by atoms with van der Waals surface area (Å²) in [5.74, 6) is -0.948. The summed E-state index contributed by atoms with van der Waals surface area (Å²) in [6, 6.07) is -0.653. The van der Waals surface area contributed by atoms with Crippen LogP contribution in [0.5, 0.6) is 0 Å². The molecule has 0 saturated carbocycles. The van der Waals surface area contributed by atoms with E-state index in [0.717, 1.165) is 6.42 Å². The summed E-state index contributed by atoms with van der Waals surface area (Å²) in [5.41, 5.74) is 0. The Bertz CT molecular complexity index is 260. The van der Waals surface area contributed by atoms with Gasteiger partial charge in [-0.05, 0) is 12.8 Å². The molecular weight excluding hydrogens is 186 g/mol. The highest BCUT2D eigenvalue weighted by atomic mass is 16.5. The Kier molecular flexibility index (Phi) is 2.41. The fourth-order valence-electron chi connectivity index (χ4n) is 2.14. The van der Waals surface area contributed by atoms with Crippen molar-refractivity contribution in [2.24, 2.45) is 0 Å². The van der Waals surface area contributed by atoms with Crippen molar-refractivity contribution < 1.29 is 19.4 Å². The highest BCUT2D eigenvalue weighted by Crippen LogP contribution is 2.25. The van der Waals surface area contributed by atoms with Crippen LogP contribution in [0.4, 0.5) is 0 Å². The third-order valence-corrected chi connectivity index (χ3v) is 2.84. The number of amides is 1. The lowest BCUT2D eigenvalue weighted by atomic mass is 10.1. The zero-order valence-corrected chi connectivity index (χ0v) is 7.81. The number of carboxylic acids is 1. The molecule has 2 aliphatic rings. The molecule has 5 heteroatoms. The van der Waals surface area contributed by atoms with E-state index in [4.69, 9.17) is 9.84 Å². The van der Waals surface area contributed by atoms with Crippen molar-refractivity contribution in [3.8, 4) is 0 Å². The largest absolute Gasteiger partial charge is 0.480 e. The first-order valence-corrected chi connectivity index (χ1v) is 4.82. The van der Waals surface area contributed by atoms with Gasteiger partial charge in [0.1, 0.15) is 6.04 Å². The van der Waals surface area contributed by atoms with Crippen LogP contribution >= 0.6 is 0 Å². The standard InChI is InChI=1S/C9H13NO4/c11-8-2-1-7(9(12)13)10(8)6-3-4-14-5-6/h6-7H,1-5H2,(H,12,13). The number of likely N-dealkylation sites (tertiary alicyclic amines) is 1. The van der Waals surface area contributed by atoms with Gasteiger partial charge in [0, 0.05) is 13.0 Å². The summed E-state index contributed by atoms with van der Waals surface area (Å²) < 4.78 is 5.16. The van der Waals surface area contributed by atoms with Crippen LogP contribution in [0.2, 0.25) is 0 Å². The fraction of sp³-hybridized carbons (Fsp3) is 0.778. The lowest BCUT2D eigenvalue weighted by Crippen LogP contribution is -2.45. The van der Waals surface area contributed by atoms with Crippen LogP contribution in [0.3, 0.4) is 0 Å². The second kappa shape index (κ2) is 3.57. The molecule has 0 aromatic rings. The predicted octanol–water partition coefficient (Wildman–Crippen LogP) is -0.149. The molecule has 0 aromatic heterocycles. The van der Waals surface area contributed by atoms with E-state index in [1.165, 1.54) is 4.90 Å². The van der Waals surface area contributed by atoms with Crippen LogP contribution in [-0.2, 0) is 14.3 Å². The molecule has 1 N–H and O–H groups in total. The minimum Gasteiger partial charge on any atom is -0.480 e. The molecule has 14 heavy (non-hydrogen) atoms. The minimum atomic E-state index is -0.900. The maximum atomic E-state index is 11.5. The van der Waals surface area contributed by atoms with Crippen LogP contribution in [0.25, 0.3) is 0 Å². The van der Waals surface area contributed by atoms with Crippen molar-refractivity contribution in [3.05, 3.63) is 0 Å². The number of carbonyl (C=O) groups excluding carboxylic acids is 1. The number of hydrogen-bond donors (Lipinski definition) is 1. The van der Waals surface area contributed by atoms with Gasteiger partial charge in [0.25, 0.3) is 0 Å². The van der Waals surface area contributed by atoms with Gasteiger partial charge in [-0.2, -0.15) is 0 Å². The van der Waals surface area contributed by atoms with Crippen molar-refractivity contribution >= 4 is 11.9 Å². The van der Waals surface area contributed by atoms with Crippen molar-refractivity contribution in [1.29, 1.82) is 0 Å². The van der Waals surface area contributed by atoms with Gasteiger partial charge in [-0.25, -0.2) is 4.79 Å². The molecule has 2 unspecified atom stereocenters. The van der Waals surface area contributed by atoms with Gasteiger partial charge < -0.3 is 14.7 Å². The number of rotatable bonds is 2. The average Bonchev–Trinajstić information content (AvgIpc) is 2.71. The van der Waals surface area contributed by atoms with Crippen LogP contribution in [-0.4, -0.2) is 47.2 Å². The molecule has 0 aromatic carbocycles. The van der Waals surface area contributed by atoms with Crippen LogP contribution in [0.1, 0.15) is 19.3 Å². The molecule has 78 valence electrons. The van der Waals surface area contributed by atoms with E-state index in [0.29, 0.717) is 26.1 Å². The maximum Gasteiger partial charge on any atom is 0.326 e. The first kappa shape index (κ1) is 9.45. The minimum absolute atomic E-state index is 0.0221. The summed E-state index contributed by atoms with van der Waals surface area (Å²) in [7, 11) is 0. The molecule has 2 fully saturated rings. The Labute approximate surface area is 81.6 Å². The van der Waals surface area contributed by atoms with Gasteiger partial charge in [-0.1, -0.05) is 0 Å². The summed E-state index contributed by atoms with van der Waals surface area (Å²) in [4.78, 5) is 23.9. The van der Waals surface area contributed by atoms with Gasteiger partial charge in [0.2, 0.25) is 5.91 Å². The third kappa shape index (κ3) is 1.48. The summed E-state index contributed by atoms with van der Waals surface area (Å²) in [6.07, 6.45) is 1.55. The first-order valence-electron chi connectivity index (χ1n) is 4.82. The summed E-state index contributed by atoms with van der Waals surface area (Å²) in [5, 5.41) is 8.93. The molecule has 2 atom stereocenters. The van der Waals surface area contributed by atoms with Crippen molar-refractivity contribution in [1.82, 2.24) is 4.90 Å². The maximum absolute atomic E-state index is 11.5. The van der Waals surface area contributed by atoms with E-state index < -0.39 is 12.0 Å². The van der Waals surface area contributed by atoms with Crippen LogP contribution in [0, 0.1) is 0 Å². The summed E-state index contributed by atoms with van der Waals surface area (Å²) >= 11 is 0. The lowest BCUT2D eigenvalue weighted by molar-refractivity contribution is -0.147. The second-order valence-corrected chi connectivity index (χ2v) is 3.71. The molecular formula is C9H13NO4. The molecule has 0 spiro atoms. The Balaban J connectivity index is 2.12. The zero-order chi connectivity index (χ0) is 10.1. The number of carbonyl (C=O) groups is 2. The van der Waals surface area contributed by atoms with Crippen molar-refractivity contribution in [3.63, 3.8) is 0 Å². The fourth-order valence-corrected chi connectivity index (χ4v) is 2.14. The van der Waals surface area contributed by atoms with Gasteiger partial charge in [-0.3, -0.25) is 4.79 Å². The van der Waals surface area contributed by atoms with E-state index >= 15 is 0 Å². The van der Waals surface area contributed by atoms with Gasteiger partial charge in [0.05, 0.1) is 12.6 Å². The van der Waals surface area contributed by atoms with Gasteiger partial charge >= 0.3 is 5.97 Å². The quantitative estimate of drug-likeness (QED) is 0.671. The Morgan fingerprint density at radius 3 is 2.86 bits per heavy atom. The van der Waals surface area contributed by atoms with E-state index in [9.17, 15) is 9.59 Å². The number of nitrogens with zero attached hydrogens (tertiary/aromatic N) is 1. The molecule has 1 amide bonds. The smallest absolute Gasteiger partial charge is 0.326 e. The molecule has 2 saturated heterocycles. The number of ether oxygens (including phenoxy) is 1. The summed E-state index contributed by atoms with van der Waals surface area (Å²) in [6.45, 7) is 1.11. The Morgan fingerprint density at radius 2 is 2.29 bits per heavy atom. The molecule has 0 radical (unpaired) electrons. The van der Waals surface area contributed by atoms with E-state index in [-0.39, 0.29) is 11.9 Å². The normalized spacial score (nSPS) is 32.6. The molecule has 2 aliphatic heterocycles. The molecule has 0 aliphatic carbocycles. The zero-order valence-electron chi connectivity index (χ0n) is 7.81. The van der Waals surface area contributed by atoms with Gasteiger partial charge in [0.15, 0.2) is 0 Å². The van der Waals surface area contributed by atoms with E-state index in [2.05, 4.69) is 0 Å². The van der Waals surface area contributed by atoms with Crippen LogP contribution in [0.15, 0.2) is 0 Å². The van der Waals surface area contributed by atoms with Gasteiger partial charge in [-0.15, -0.1) is 0 Å². The molecule has 2 heterocycles. The topological polar surface area (TPSA) is 66.8 Å².